The van der Waals surface area contributed by atoms with E-state index in [4.69, 9.17) is 0 Å². The van der Waals surface area contributed by atoms with Crippen molar-refractivity contribution in [1.82, 2.24) is 9.80 Å². The molecular weight excluding hydrogens is 318 g/mol. The van der Waals surface area contributed by atoms with Crippen LogP contribution < -0.4 is 5.32 Å². The van der Waals surface area contributed by atoms with Crippen molar-refractivity contribution in [3.05, 3.63) is 29.3 Å². The number of hydrogen-bond acceptors (Lipinski definition) is 3. The van der Waals surface area contributed by atoms with Crippen molar-refractivity contribution in [2.45, 2.75) is 39.2 Å². The maximum Gasteiger partial charge on any atom is 0.243 e. The summed E-state index contributed by atoms with van der Waals surface area (Å²) in [5, 5.41) is 2.89. The summed E-state index contributed by atoms with van der Waals surface area (Å²) in [6.45, 7) is 4.36. The van der Waals surface area contributed by atoms with Gasteiger partial charge in [-0.15, -0.1) is 0 Å². The zero-order chi connectivity index (χ0) is 18.1. The molecule has 1 heterocycles. The topological polar surface area (TPSA) is 69.7 Å². The summed E-state index contributed by atoms with van der Waals surface area (Å²) < 4.78 is 0. The smallest absolute Gasteiger partial charge is 0.243 e. The zero-order valence-corrected chi connectivity index (χ0v) is 15.0. The van der Waals surface area contributed by atoms with Gasteiger partial charge in [-0.3, -0.25) is 14.4 Å². The molecule has 6 nitrogen and oxygen atoms in total. The first-order chi connectivity index (χ1) is 11.9. The Morgan fingerprint density at radius 2 is 1.88 bits per heavy atom. The number of nitrogens with one attached hydrogen (secondary N) is 1. The third-order valence-electron chi connectivity index (χ3n) is 5.00. The number of hydrogen-bond donors (Lipinski definition) is 1. The van der Waals surface area contributed by atoms with Gasteiger partial charge in [-0.1, -0.05) is 18.2 Å². The normalized spacial score (nSPS) is 19.9. The van der Waals surface area contributed by atoms with Gasteiger partial charge >= 0.3 is 0 Å². The summed E-state index contributed by atoms with van der Waals surface area (Å²) in [6.07, 6.45) is 2.35. The molecule has 1 N–H and O–H groups in total. The molecule has 0 bridgehead atoms. The van der Waals surface area contributed by atoms with Gasteiger partial charge in [0.25, 0.3) is 0 Å². The van der Waals surface area contributed by atoms with Crippen molar-refractivity contribution in [1.29, 1.82) is 0 Å². The molecule has 25 heavy (non-hydrogen) atoms. The summed E-state index contributed by atoms with van der Waals surface area (Å²) >= 11 is 0. The van der Waals surface area contributed by atoms with Crippen molar-refractivity contribution in [2.24, 2.45) is 5.92 Å². The highest BCUT2D eigenvalue weighted by molar-refractivity contribution is 5.97. The molecule has 0 unspecified atom stereocenters. The van der Waals surface area contributed by atoms with Crippen LogP contribution in [0.3, 0.4) is 0 Å². The molecule has 3 rings (SSSR count). The summed E-state index contributed by atoms with van der Waals surface area (Å²) in [6, 6.07) is 6.16. The molecule has 0 radical (unpaired) electrons. The number of nitrogens with zero attached hydrogens (tertiary/aromatic N) is 2. The number of carbonyl (C=O) groups is 3. The number of para-hydroxylation sites is 1. The molecule has 134 valence electrons. The van der Waals surface area contributed by atoms with Crippen molar-refractivity contribution in [2.75, 3.05) is 25.5 Å². The van der Waals surface area contributed by atoms with Gasteiger partial charge in [-0.25, -0.2) is 0 Å². The molecule has 3 amide bonds. The fourth-order valence-corrected chi connectivity index (χ4v) is 3.43. The van der Waals surface area contributed by atoms with Gasteiger partial charge in [0.05, 0.1) is 12.5 Å². The molecule has 0 spiro atoms. The highest BCUT2D eigenvalue weighted by Crippen LogP contribution is 2.33. The van der Waals surface area contributed by atoms with E-state index < -0.39 is 0 Å². The highest BCUT2D eigenvalue weighted by Gasteiger charge is 2.42. The Morgan fingerprint density at radius 1 is 1.24 bits per heavy atom. The van der Waals surface area contributed by atoms with Crippen LogP contribution in [0.2, 0.25) is 0 Å². The van der Waals surface area contributed by atoms with Crippen molar-refractivity contribution >= 4 is 23.4 Å². The molecule has 1 aliphatic heterocycles. The maximum atomic E-state index is 12.6. The Bertz CT molecular complexity index is 692. The van der Waals surface area contributed by atoms with Crippen LogP contribution >= 0.6 is 0 Å². The summed E-state index contributed by atoms with van der Waals surface area (Å²) in [7, 11) is 1.62. The number of amides is 3. The molecule has 1 atom stereocenters. The number of rotatable bonds is 5. The van der Waals surface area contributed by atoms with Crippen LogP contribution in [0.5, 0.6) is 0 Å². The standard InChI is InChI=1S/C19H25N3O3/c1-12-5-4-6-13(2)18(12)20-16(23)11-21(3)19(25)14-9-17(24)22(10-14)15-7-8-15/h4-6,14-15H,7-11H2,1-3H3,(H,20,23)/t14-/m1/s1. The van der Waals surface area contributed by atoms with E-state index in [1.54, 1.807) is 7.05 Å². The first-order valence-electron chi connectivity index (χ1n) is 8.77. The number of aryl methyl sites for hydroxylation is 2. The van der Waals surface area contributed by atoms with Crippen LogP contribution in [0.15, 0.2) is 18.2 Å². The van der Waals surface area contributed by atoms with Crippen molar-refractivity contribution in [3.8, 4) is 0 Å². The van der Waals surface area contributed by atoms with Gasteiger partial charge in [0.1, 0.15) is 0 Å². The largest absolute Gasteiger partial charge is 0.339 e. The van der Waals surface area contributed by atoms with Gasteiger partial charge in [-0.2, -0.15) is 0 Å². The molecule has 2 aliphatic rings. The Hall–Kier alpha value is -2.37. The molecule has 1 saturated carbocycles. The molecule has 6 heteroatoms. The zero-order valence-electron chi connectivity index (χ0n) is 15.0. The monoisotopic (exact) mass is 343 g/mol. The van der Waals surface area contributed by atoms with Gasteiger partial charge in [0.15, 0.2) is 0 Å². The Kier molecular flexibility index (Phi) is 4.79. The molecule has 0 aromatic heterocycles. The number of carbonyl (C=O) groups excluding carboxylic acids is 3. The van der Waals surface area contributed by atoms with Crippen molar-refractivity contribution < 1.29 is 14.4 Å². The fraction of sp³-hybridized carbons (Fsp3) is 0.526. The van der Waals surface area contributed by atoms with E-state index in [1.807, 2.05) is 36.9 Å². The predicted molar refractivity (Wildman–Crippen MR) is 95.0 cm³/mol. The van der Waals surface area contributed by atoms with Gasteiger partial charge in [0, 0.05) is 31.7 Å². The highest BCUT2D eigenvalue weighted by atomic mass is 16.2. The van der Waals surface area contributed by atoms with Crippen LogP contribution in [-0.2, 0) is 14.4 Å². The molecule has 1 aromatic carbocycles. The Morgan fingerprint density at radius 3 is 2.48 bits per heavy atom. The first-order valence-corrected chi connectivity index (χ1v) is 8.77. The average Bonchev–Trinajstić information content (AvgIpc) is 3.32. The minimum absolute atomic E-state index is 0.0132. The lowest BCUT2D eigenvalue weighted by Gasteiger charge is -2.21. The maximum absolute atomic E-state index is 12.6. The number of benzene rings is 1. The van der Waals surface area contributed by atoms with E-state index in [0.717, 1.165) is 29.7 Å². The quantitative estimate of drug-likeness (QED) is 0.885. The second-order valence-corrected chi connectivity index (χ2v) is 7.19. The van der Waals surface area contributed by atoms with E-state index in [9.17, 15) is 14.4 Å². The average molecular weight is 343 g/mol. The van der Waals surface area contributed by atoms with Gasteiger partial charge < -0.3 is 15.1 Å². The molecular formula is C19H25N3O3. The number of likely N-dealkylation sites (N-methyl/N-ethyl adjacent to an activating group) is 1. The third-order valence-corrected chi connectivity index (χ3v) is 5.00. The minimum Gasteiger partial charge on any atom is -0.339 e. The second kappa shape index (κ2) is 6.86. The summed E-state index contributed by atoms with van der Waals surface area (Å²) in [5.74, 6) is -0.620. The predicted octanol–water partition coefficient (Wildman–Crippen LogP) is 1.71. The van der Waals surface area contributed by atoms with E-state index >= 15 is 0 Å². The number of anilines is 1. The second-order valence-electron chi connectivity index (χ2n) is 7.19. The van der Waals surface area contributed by atoms with E-state index in [0.29, 0.717) is 12.6 Å². The van der Waals surface area contributed by atoms with Crippen LogP contribution in [0, 0.1) is 19.8 Å². The van der Waals surface area contributed by atoms with E-state index in [1.165, 1.54) is 4.90 Å². The molecule has 2 fully saturated rings. The Balaban J connectivity index is 1.56. The van der Waals surface area contributed by atoms with E-state index in [2.05, 4.69) is 5.32 Å². The molecule has 1 saturated heterocycles. The fourth-order valence-electron chi connectivity index (χ4n) is 3.43. The molecule has 1 aliphatic carbocycles. The lowest BCUT2D eigenvalue weighted by atomic mass is 10.1. The van der Waals surface area contributed by atoms with Crippen molar-refractivity contribution in [3.63, 3.8) is 0 Å². The minimum atomic E-state index is -0.328. The number of likely N-dealkylation sites (tertiary alicyclic amines) is 1. The lowest BCUT2D eigenvalue weighted by molar-refractivity contribution is -0.137. The summed E-state index contributed by atoms with van der Waals surface area (Å²) in [5.41, 5.74) is 2.77. The third kappa shape index (κ3) is 3.83. The van der Waals surface area contributed by atoms with Gasteiger partial charge in [0.2, 0.25) is 17.7 Å². The SMILES string of the molecule is Cc1cccc(C)c1NC(=O)CN(C)C(=O)[C@@H]1CC(=O)N(C2CC2)C1. The lowest BCUT2D eigenvalue weighted by Crippen LogP contribution is -2.39. The molecule has 1 aromatic rings. The summed E-state index contributed by atoms with van der Waals surface area (Å²) in [4.78, 5) is 40.1. The first kappa shape index (κ1) is 17.5. The van der Waals surface area contributed by atoms with Crippen LogP contribution in [0.25, 0.3) is 0 Å². The van der Waals surface area contributed by atoms with Gasteiger partial charge in [-0.05, 0) is 37.8 Å². The van der Waals surface area contributed by atoms with Crippen LogP contribution in [0.4, 0.5) is 5.69 Å². The van der Waals surface area contributed by atoms with Crippen LogP contribution in [-0.4, -0.2) is 53.7 Å². The van der Waals surface area contributed by atoms with Crippen LogP contribution in [0.1, 0.15) is 30.4 Å². The Labute approximate surface area is 148 Å². The van der Waals surface area contributed by atoms with E-state index in [-0.39, 0.29) is 36.6 Å².